The molecular formula is C46H57N9O15S3. The highest BCUT2D eigenvalue weighted by Crippen LogP contribution is 2.30. The smallest absolute Gasteiger partial charge is 0.407 e. The molecule has 24 nitrogen and oxygen atoms in total. The fraction of sp³-hybridized carbons (Fsp3) is 0.391. The molecule has 1 aromatic heterocycles. The molecule has 1 heterocycles. The Bertz CT molecular complexity index is 3130. The first kappa shape index (κ1) is 57.0. The summed E-state index contributed by atoms with van der Waals surface area (Å²) in [4.78, 5) is 59.7. The van der Waals surface area contributed by atoms with E-state index in [1.54, 1.807) is 27.0 Å². The van der Waals surface area contributed by atoms with Crippen LogP contribution in [0.5, 0.6) is 0 Å². The van der Waals surface area contributed by atoms with Crippen molar-refractivity contribution in [3.05, 3.63) is 139 Å². The number of carbonyl (C=O) groups is 2. The number of unbranched alkanes of at least 4 members (excludes halogenated alkanes) is 1. The summed E-state index contributed by atoms with van der Waals surface area (Å²) in [6, 6.07) is 21.2. The molecule has 0 unspecified atom stereocenters. The number of aromatic amines is 1. The number of carbonyl (C=O) groups excluding carboxylic acids is 2. The molecule has 73 heavy (non-hydrogen) atoms. The third-order valence-corrected chi connectivity index (χ3v) is 16.9. The maximum Gasteiger partial charge on any atom is 0.407 e. The third-order valence-electron chi connectivity index (χ3n) is 11.1. The Balaban J connectivity index is 1.38. The predicted octanol–water partition coefficient (Wildman–Crippen LogP) is 6.10. The Hall–Kier alpha value is -6.91. The Morgan fingerprint density at radius 2 is 0.932 bits per heavy atom. The minimum Gasteiger partial charge on any atom is -0.444 e. The molecule has 5 aromatic rings. The molecular weight excluding hydrogens is 1010 g/mol. The first-order valence-corrected chi connectivity index (χ1v) is 27.3. The quantitative estimate of drug-likeness (QED) is 0.0289. The highest BCUT2D eigenvalue weighted by atomic mass is 32.2. The summed E-state index contributed by atoms with van der Waals surface area (Å²) < 4.78 is 93.6. The van der Waals surface area contributed by atoms with Crippen molar-refractivity contribution < 1.29 is 54.3 Å². The lowest BCUT2D eigenvalue weighted by Gasteiger charge is -2.27. The van der Waals surface area contributed by atoms with Gasteiger partial charge in [0.1, 0.15) is 5.60 Å². The van der Waals surface area contributed by atoms with Crippen molar-refractivity contribution in [2.24, 2.45) is 0 Å². The van der Waals surface area contributed by atoms with E-state index in [9.17, 15) is 65.2 Å². The number of fused-ring (bicyclic) bond motifs is 1. The predicted molar refractivity (Wildman–Crippen MR) is 268 cm³/mol. The summed E-state index contributed by atoms with van der Waals surface area (Å²) in [5.41, 5.74) is -1.42. The van der Waals surface area contributed by atoms with Crippen molar-refractivity contribution in [2.45, 2.75) is 79.6 Å². The molecule has 0 aliphatic carbocycles. The molecule has 27 heteroatoms. The zero-order chi connectivity index (χ0) is 53.6. The van der Waals surface area contributed by atoms with Gasteiger partial charge in [0, 0.05) is 87.7 Å². The van der Waals surface area contributed by atoms with E-state index in [-0.39, 0.29) is 70.6 Å². The van der Waals surface area contributed by atoms with Crippen LogP contribution in [0.3, 0.4) is 0 Å². The number of alkyl carbamates (subject to hydrolysis) is 1. The highest BCUT2D eigenvalue weighted by Gasteiger charge is 2.35. The minimum atomic E-state index is -4.82. The lowest BCUT2D eigenvalue weighted by atomic mass is 10.1. The van der Waals surface area contributed by atoms with Crippen LogP contribution in [0.1, 0.15) is 58.4 Å². The minimum absolute atomic E-state index is 0.0292. The van der Waals surface area contributed by atoms with E-state index < -0.39 is 114 Å². The molecule has 0 bridgehead atoms. The molecule has 0 aliphatic rings. The largest absolute Gasteiger partial charge is 0.444 e. The number of H-pyrrole nitrogens is 1. The van der Waals surface area contributed by atoms with Gasteiger partial charge in [-0.1, -0.05) is 54.6 Å². The molecule has 394 valence electrons. The zero-order valence-electron chi connectivity index (χ0n) is 40.2. The fourth-order valence-corrected chi connectivity index (χ4v) is 12.7. The SMILES string of the molecule is CC(C)(C)OC(=O)NCCCN(CCCN(CCCN(CCCCNC(=O)Cc1c[nH]c2ccccc12)S(=O)(=O)c1ccccc1[N+](=O)[O-])S(=O)(=O)c1ccccc1[N+](=O)[O-])S(=O)(=O)c1ccccc1[N+](=O)[O-]. The molecule has 5 rings (SSSR count). The van der Waals surface area contributed by atoms with Crippen molar-refractivity contribution in [3.8, 4) is 0 Å². The fourth-order valence-electron chi connectivity index (χ4n) is 7.71. The normalized spacial score (nSPS) is 12.3. The molecule has 0 radical (unpaired) electrons. The van der Waals surface area contributed by atoms with Gasteiger partial charge in [0.05, 0.1) is 21.2 Å². The lowest BCUT2D eigenvalue weighted by Crippen LogP contribution is -2.40. The molecule has 0 fully saturated rings. The van der Waals surface area contributed by atoms with Crippen LogP contribution in [0.25, 0.3) is 10.9 Å². The first-order chi connectivity index (χ1) is 34.4. The summed E-state index contributed by atoms with van der Waals surface area (Å²) in [6.45, 7) is 2.53. The number of ether oxygens (including phenoxy) is 1. The summed E-state index contributed by atoms with van der Waals surface area (Å²) in [5, 5.41) is 42.3. The second-order valence-electron chi connectivity index (χ2n) is 17.5. The van der Waals surface area contributed by atoms with Crippen LogP contribution in [-0.4, -0.2) is 128 Å². The molecule has 2 amide bonds. The second kappa shape index (κ2) is 25.2. The number of hydrogen-bond acceptors (Lipinski definition) is 15. The van der Waals surface area contributed by atoms with Crippen LogP contribution in [0, 0.1) is 30.3 Å². The number of benzene rings is 4. The zero-order valence-corrected chi connectivity index (χ0v) is 42.7. The van der Waals surface area contributed by atoms with E-state index >= 15 is 0 Å². The Morgan fingerprint density at radius 1 is 0.548 bits per heavy atom. The van der Waals surface area contributed by atoms with Gasteiger partial charge in [-0.25, -0.2) is 30.0 Å². The van der Waals surface area contributed by atoms with Crippen LogP contribution < -0.4 is 10.6 Å². The molecule has 0 atom stereocenters. The summed E-state index contributed by atoms with van der Waals surface area (Å²) in [7, 11) is -14.2. The van der Waals surface area contributed by atoms with Crippen molar-refractivity contribution in [1.29, 1.82) is 0 Å². The maximum atomic E-state index is 14.4. The van der Waals surface area contributed by atoms with Gasteiger partial charge in [0.25, 0.3) is 17.1 Å². The number of nitro groups is 3. The van der Waals surface area contributed by atoms with Gasteiger partial charge in [-0.15, -0.1) is 0 Å². The van der Waals surface area contributed by atoms with Gasteiger partial charge < -0.3 is 20.4 Å². The number of para-hydroxylation sites is 4. The van der Waals surface area contributed by atoms with Gasteiger partial charge in [0.15, 0.2) is 14.7 Å². The van der Waals surface area contributed by atoms with Crippen molar-refractivity contribution in [2.75, 3.05) is 52.4 Å². The standard InChI is InChI=1S/C46H57N9O15S3/c1-46(2,3)70-45(57)48-26-14-28-51(72(66,67)42-23-10-7-20-39(42)54(60)61)30-16-32-52(73(68,69)43-24-11-8-21-40(43)55(62)63)31-15-29-50(71(64,65)41-22-9-6-19-38(41)53(58)59)27-13-12-25-47-44(56)33-35-34-49-37-18-5-4-17-36(35)37/h4-11,17-24,34,49H,12-16,25-33H2,1-3H3,(H,47,56)(H,48,57). The van der Waals surface area contributed by atoms with Gasteiger partial charge >= 0.3 is 6.09 Å². The first-order valence-electron chi connectivity index (χ1n) is 22.9. The van der Waals surface area contributed by atoms with Gasteiger partial charge in [-0.2, -0.15) is 12.9 Å². The summed E-state index contributed by atoms with van der Waals surface area (Å²) in [5.74, 6) is -0.286. The van der Waals surface area contributed by atoms with Crippen LogP contribution >= 0.6 is 0 Å². The third kappa shape index (κ3) is 15.3. The van der Waals surface area contributed by atoms with Crippen LogP contribution in [0.2, 0.25) is 0 Å². The van der Waals surface area contributed by atoms with E-state index in [0.29, 0.717) is 0 Å². The second-order valence-corrected chi connectivity index (χ2v) is 23.2. The monoisotopic (exact) mass is 1070 g/mol. The van der Waals surface area contributed by atoms with Crippen LogP contribution in [0.4, 0.5) is 21.9 Å². The van der Waals surface area contributed by atoms with E-state index in [1.807, 2.05) is 24.3 Å². The van der Waals surface area contributed by atoms with Gasteiger partial charge in [-0.05, 0) is 82.7 Å². The molecule has 0 saturated heterocycles. The topological polar surface area (TPSA) is 325 Å². The number of sulfonamides is 3. The Labute approximate surface area is 422 Å². The average molecular weight is 1070 g/mol. The van der Waals surface area contributed by atoms with Gasteiger partial charge in [-0.3, -0.25) is 35.1 Å². The highest BCUT2D eigenvalue weighted by molar-refractivity contribution is 7.90. The van der Waals surface area contributed by atoms with E-state index in [4.69, 9.17) is 4.74 Å². The number of nitrogens with one attached hydrogen (secondary N) is 3. The van der Waals surface area contributed by atoms with Gasteiger partial charge in [0.2, 0.25) is 36.0 Å². The molecule has 0 aliphatic heterocycles. The van der Waals surface area contributed by atoms with E-state index in [2.05, 4.69) is 15.6 Å². The molecule has 0 saturated carbocycles. The number of amides is 2. The van der Waals surface area contributed by atoms with Crippen LogP contribution in [0.15, 0.2) is 118 Å². The lowest BCUT2D eigenvalue weighted by molar-refractivity contribution is -0.388. The molecule has 0 spiro atoms. The number of hydrogen-bond donors (Lipinski definition) is 3. The summed E-state index contributed by atoms with van der Waals surface area (Å²) in [6.07, 6.45) is 0.821. The molecule has 4 aromatic carbocycles. The number of aromatic nitrogens is 1. The van der Waals surface area contributed by atoms with Crippen molar-refractivity contribution in [3.63, 3.8) is 0 Å². The van der Waals surface area contributed by atoms with E-state index in [0.717, 1.165) is 65.8 Å². The number of nitrogens with zero attached hydrogens (tertiary/aromatic N) is 6. The molecule has 3 N–H and O–H groups in total. The van der Waals surface area contributed by atoms with Crippen molar-refractivity contribution in [1.82, 2.24) is 28.5 Å². The average Bonchev–Trinajstić information content (AvgIpc) is 3.74. The van der Waals surface area contributed by atoms with Crippen LogP contribution in [-0.2, 0) is 46.0 Å². The summed E-state index contributed by atoms with van der Waals surface area (Å²) >= 11 is 0. The maximum absolute atomic E-state index is 14.4. The number of rotatable bonds is 28. The Kier molecular flexibility index (Phi) is 19.6. The number of nitro benzene ring substituents is 3. The van der Waals surface area contributed by atoms with E-state index in [1.165, 1.54) is 36.4 Å². The Morgan fingerprint density at radius 3 is 1.37 bits per heavy atom. The van der Waals surface area contributed by atoms with Crippen molar-refractivity contribution >= 4 is 70.0 Å².